The zero-order chi connectivity index (χ0) is 30.3. The minimum Gasteiger partial charge on any atom is -0.487 e. The molecule has 4 rings (SSSR count). The van der Waals surface area contributed by atoms with Crippen molar-refractivity contribution in [2.45, 2.75) is 0 Å². The van der Waals surface area contributed by atoms with E-state index < -0.39 is 8.63 Å². The van der Waals surface area contributed by atoms with Crippen LogP contribution >= 0.6 is 0 Å². The van der Waals surface area contributed by atoms with Crippen LogP contribution in [0.1, 0.15) is 0 Å². The summed E-state index contributed by atoms with van der Waals surface area (Å²) in [7, 11) is -10.8. The fourth-order valence-corrected chi connectivity index (χ4v) is 3.06. The van der Waals surface area contributed by atoms with Gasteiger partial charge >= 0.3 is 33.3 Å². The summed E-state index contributed by atoms with van der Waals surface area (Å²) in [6, 6.07) is 11.2. The average Bonchev–Trinajstić information content (AvgIpc) is 2.84. The van der Waals surface area contributed by atoms with Crippen LogP contribution in [-0.2, 0) is 18.9 Å². The first-order chi connectivity index (χ1) is 19.2. The number of fused-ring (bicyclic) bond motifs is 2. The van der Waals surface area contributed by atoms with Crippen molar-refractivity contribution in [3.8, 4) is 23.0 Å². The molecule has 10 N–H and O–H groups in total. The second kappa shape index (κ2) is 18.0. The van der Waals surface area contributed by atoms with Gasteiger partial charge in [0.2, 0.25) is 0 Å². The van der Waals surface area contributed by atoms with Crippen LogP contribution in [0.25, 0.3) is 0 Å². The molecule has 0 saturated heterocycles. The number of halogens is 6. The molecule has 2 aromatic rings. The quantitative estimate of drug-likeness (QED) is 0.240. The molecule has 0 atom stereocenters. The van der Waals surface area contributed by atoms with Gasteiger partial charge < -0.3 is 60.3 Å². The summed E-state index contributed by atoms with van der Waals surface area (Å²) >= 11 is 0. The normalized spacial score (nSPS) is 18.0. The molecule has 0 radical (unpaired) electrons. The molecule has 12 nitrogen and oxygen atoms in total. The Morgan fingerprint density at radius 1 is 0.419 bits per heavy atom. The average molecular weight is 659 g/mol. The zero-order valence-electron chi connectivity index (χ0n) is 23.4. The van der Waals surface area contributed by atoms with Crippen LogP contribution in [0.15, 0.2) is 36.4 Å². The van der Waals surface area contributed by atoms with Crippen LogP contribution in [0.2, 0.25) is 0 Å². The third-order valence-electron chi connectivity index (χ3n) is 4.70. The van der Waals surface area contributed by atoms with Gasteiger partial charge in [0.05, 0.1) is 52.9 Å². The van der Waals surface area contributed by atoms with Gasteiger partial charge in [-0.3, -0.25) is 0 Å². The maximum Gasteiger partial charge on any atom is 0.167 e. The molecule has 2 aromatic carbocycles. The van der Waals surface area contributed by atoms with E-state index in [1.54, 1.807) is 0 Å². The molecule has 0 spiro atoms. The molecule has 2 aliphatic rings. The Morgan fingerprint density at radius 2 is 0.651 bits per heavy atom. The van der Waals surface area contributed by atoms with Crippen molar-refractivity contribution in [1.29, 1.82) is 0 Å². The molecule has 0 amide bonds. The first kappa shape index (κ1) is 40.1. The van der Waals surface area contributed by atoms with E-state index in [0.29, 0.717) is 90.8 Å². The van der Waals surface area contributed by atoms with Crippen molar-refractivity contribution in [2.75, 3.05) is 79.3 Å². The number of benzene rings is 2. The largest absolute Gasteiger partial charge is 0.487 e. The standard InChI is InChI=1S/2C12H17NO4.F6Si.2H2O/c2*13-10-1-2-11-12(9-10)17-8-6-15-4-3-14-5-7-16-11;1-7(2,3,4,5)6;;/h2*1-2,9H,3-8,13H2;;2*1H2/q;;-2;;/p+2. The molecule has 252 valence electrons. The smallest absolute Gasteiger partial charge is 0.167 e. The second-order valence-corrected chi connectivity index (χ2v) is 10.6. The number of quaternary nitrogens is 2. The van der Waals surface area contributed by atoms with Gasteiger partial charge in [0.25, 0.3) is 0 Å². The van der Waals surface area contributed by atoms with E-state index in [9.17, 15) is 24.6 Å². The molecular formula is C24H40F6N2O10Si. The third kappa shape index (κ3) is 22.3. The summed E-state index contributed by atoms with van der Waals surface area (Å²) < 4.78 is 103. The molecule has 2 heterocycles. The zero-order valence-corrected chi connectivity index (χ0v) is 24.4. The van der Waals surface area contributed by atoms with Gasteiger partial charge in [-0.15, -0.1) is 0 Å². The predicted octanol–water partition coefficient (Wildman–Crippen LogP) is 1.22. The number of ether oxygens (including phenoxy) is 8. The van der Waals surface area contributed by atoms with E-state index in [1.165, 1.54) is 0 Å². The maximum absolute atomic E-state index is 10.8. The van der Waals surface area contributed by atoms with Crippen molar-refractivity contribution in [2.24, 2.45) is 0 Å². The van der Waals surface area contributed by atoms with E-state index in [0.717, 1.165) is 22.9 Å². The Kier molecular flexibility index (Phi) is 16.8. The van der Waals surface area contributed by atoms with E-state index in [-0.39, 0.29) is 11.0 Å². The van der Waals surface area contributed by atoms with E-state index >= 15 is 0 Å². The minimum atomic E-state index is -10.8. The summed E-state index contributed by atoms with van der Waals surface area (Å²) in [5.74, 6) is 2.87. The summed E-state index contributed by atoms with van der Waals surface area (Å²) in [4.78, 5) is 0. The first-order valence-corrected chi connectivity index (χ1v) is 14.9. The summed E-state index contributed by atoms with van der Waals surface area (Å²) in [6.07, 6.45) is 0. The molecule has 43 heavy (non-hydrogen) atoms. The van der Waals surface area contributed by atoms with Gasteiger partial charge in [-0.25, -0.2) is 0 Å². The number of hydrogen-bond acceptors (Lipinski definition) is 8. The Hall–Kier alpha value is -2.88. The molecule has 0 aromatic heterocycles. The molecule has 19 heteroatoms. The number of rotatable bonds is 0. The van der Waals surface area contributed by atoms with Crippen molar-refractivity contribution in [3.63, 3.8) is 0 Å². The minimum absolute atomic E-state index is 0. The molecule has 2 aliphatic heterocycles. The topological polar surface area (TPSA) is 192 Å². The van der Waals surface area contributed by atoms with Crippen LogP contribution < -0.4 is 30.4 Å². The Morgan fingerprint density at radius 3 is 0.930 bits per heavy atom. The van der Waals surface area contributed by atoms with E-state index in [1.807, 2.05) is 36.4 Å². The van der Waals surface area contributed by atoms with E-state index in [4.69, 9.17) is 37.9 Å². The molecule has 0 bridgehead atoms. The van der Waals surface area contributed by atoms with Crippen LogP contribution in [0.5, 0.6) is 23.0 Å². The van der Waals surface area contributed by atoms with E-state index in [2.05, 4.69) is 11.5 Å². The van der Waals surface area contributed by atoms with Gasteiger partial charge in [-0.1, -0.05) is 0 Å². The van der Waals surface area contributed by atoms with Crippen molar-refractivity contribution < 1.29 is 85.0 Å². The fourth-order valence-electron chi connectivity index (χ4n) is 3.06. The Labute approximate surface area is 244 Å². The van der Waals surface area contributed by atoms with Gasteiger partial charge in [0.15, 0.2) is 23.0 Å². The summed E-state index contributed by atoms with van der Waals surface area (Å²) in [5.41, 5.74) is 9.53. The van der Waals surface area contributed by atoms with Gasteiger partial charge in [0.1, 0.15) is 37.8 Å². The summed E-state index contributed by atoms with van der Waals surface area (Å²) in [5, 5.41) is 0. The van der Waals surface area contributed by atoms with Gasteiger partial charge in [0, 0.05) is 24.3 Å². The molecule has 0 fully saturated rings. The monoisotopic (exact) mass is 658 g/mol. The summed E-state index contributed by atoms with van der Waals surface area (Å²) in [6.45, 7) is 6.57. The molecular weight excluding hydrogens is 618 g/mol. The van der Waals surface area contributed by atoms with Crippen molar-refractivity contribution >= 4 is 20.0 Å². The van der Waals surface area contributed by atoms with Crippen molar-refractivity contribution in [1.82, 2.24) is 0 Å². The molecule has 0 unspecified atom stereocenters. The number of hydrogen-bond donors (Lipinski definition) is 2. The van der Waals surface area contributed by atoms with Crippen LogP contribution in [-0.4, -0.2) is 98.9 Å². The van der Waals surface area contributed by atoms with Gasteiger partial charge in [-0.05, 0) is 12.1 Å². The van der Waals surface area contributed by atoms with Crippen LogP contribution in [0.4, 0.5) is 36.0 Å². The fraction of sp³-hybridized carbons (Fsp3) is 0.500. The van der Waals surface area contributed by atoms with Gasteiger partial charge in [-0.2, -0.15) is 0 Å². The molecule has 0 aliphatic carbocycles. The van der Waals surface area contributed by atoms with Crippen molar-refractivity contribution in [3.05, 3.63) is 36.4 Å². The maximum atomic E-state index is 9.88. The van der Waals surface area contributed by atoms with Crippen LogP contribution in [0, 0.1) is 0 Å². The SMILES string of the molecule is F[Si-2](F)(F)(F)(F)F.O.O.[NH3+]c1ccc2c(c1)OCCOCCOCCO2.[NH3+]c1ccc2c(c1)OCCOCCOCCO2. The predicted molar refractivity (Wildman–Crippen MR) is 143 cm³/mol. The second-order valence-electron chi connectivity index (χ2n) is 8.48. The third-order valence-corrected chi connectivity index (χ3v) is 4.70. The first-order valence-electron chi connectivity index (χ1n) is 12.6. The van der Waals surface area contributed by atoms with Crippen LogP contribution in [0.3, 0.4) is 0 Å². The Bertz CT molecular complexity index is 990. The Balaban J connectivity index is 0.000000652. The molecule has 0 saturated carbocycles.